The number of aromatic amines is 1. The van der Waals surface area contributed by atoms with Crippen LogP contribution in [0.2, 0.25) is 0 Å². The van der Waals surface area contributed by atoms with E-state index in [1.165, 1.54) is 0 Å². The van der Waals surface area contributed by atoms with Gasteiger partial charge in [-0.2, -0.15) is 0 Å². The van der Waals surface area contributed by atoms with Crippen molar-refractivity contribution in [3.8, 4) is 0 Å². The first kappa shape index (κ1) is 7.60. The van der Waals surface area contributed by atoms with Crippen molar-refractivity contribution in [2.75, 3.05) is 0 Å². The highest BCUT2D eigenvalue weighted by atomic mass is 79.9. The molecule has 0 amide bonds. The van der Waals surface area contributed by atoms with Crippen molar-refractivity contribution in [2.45, 2.75) is 20.4 Å². The number of hydrogen-bond donors (Lipinski definition) is 1. The maximum atomic E-state index is 11.1. The summed E-state index contributed by atoms with van der Waals surface area (Å²) >= 11 is 3.18. The average molecular weight is 205 g/mol. The molecular formula is C6H9BrN2O. The molecule has 0 spiro atoms. The van der Waals surface area contributed by atoms with E-state index in [-0.39, 0.29) is 5.56 Å². The maximum Gasteiger partial charge on any atom is 0.281 e. The highest BCUT2D eigenvalue weighted by molar-refractivity contribution is 9.10. The fourth-order valence-corrected chi connectivity index (χ4v) is 1.11. The van der Waals surface area contributed by atoms with Gasteiger partial charge in [0.2, 0.25) is 0 Å². The Balaban J connectivity index is 3.31. The van der Waals surface area contributed by atoms with Crippen molar-refractivity contribution in [1.29, 1.82) is 0 Å². The van der Waals surface area contributed by atoms with Gasteiger partial charge in [-0.05, 0) is 29.8 Å². The van der Waals surface area contributed by atoms with E-state index >= 15 is 0 Å². The lowest BCUT2D eigenvalue weighted by atomic mass is 10.5. The van der Waals surface area contributed by atoms with Crippen LogP contribution in [0.25, 0.3) is 0 Å². The molecule has 0 aliphatic carbocycles. The third-order valence-corrected chi connectivity index (χ3v) is 2.31. The van der Waals surface area contributed by atoms with Crippen LogP contribution in [0.3, 0.4) is 0 Å². The lowest BCUT2D eigenvalue weighted by Gasteiger charge is -1.90. The lowest BCUT2D eigenvalue weighted by Crippen LogP contribution is -2.15. The van der Waals surface area contributed by atoms with Crippen molar-refractivity contribution in [1.82, 2.24) is 9.78 Å². The van der Waals surface area contributed by atoms with Gasteiger partial charge in [-0.1, -0.05) is 0 Å². The van der Waals surface area contributed by atoms with Crippen LogP contribution in [0.1, 0.15) is 12.6 Å². The number of nitrogens with zero attached hydrogens (tertiary/aromatic N) is 1. The number of aryl methyl sites for hydroxylation is 2. The van der Waals surface area contributed by atoms with E-state index in [1.54, 1.807) is 4.68 Å². The van der Waals surface area contributed by atoms with Gasteiger partial charge in [0.25, 0.3) is 5.56 Å². The zero-order valence-corrected chi connectivity index (χ0v) is 7.53. The summed E-state index contributed by atoms with van der Waals surface area (Å²) in [5.74, 6) is 0. The predicted molar refractivity (Wildman–Crippen MR) is 43.2 cm³/mol. The zero-order chi connectivity index (χ0) is 7.72. The van der Waals surface area contributed by atoms with E-state index in [0.29, 0.717) is 11.0 Å². The maximum absolute atomic E-state index is 11.1. The standard InChI is InChI=1S/C6H9BrN2O/c1-3-9-6(10)5(7)4(2)8-9/h8H,3H2,1-2H3. The second-order valence-corrected chi connectivity index (χ2v) is 2.89. The van der Waals surface area contributed by atoms with E-state index < -0.39 is 0 Å². The van der Waals surface area contributed by atoms with Crippen LogP contribution in [0.4, 0.5) is 0 Å². The molecule has 0 aliphatic heterocycles. The van der Waals surface area contributed by atoms with Crippen molar-refractivity contribution >= 4 is 15.9 Å². The summed E-state index contributed by atoms with van der Waals surface area (Å²) < 4.78 is 2.19. The largest absolute Gasteiger partial charge is 0.299 e. The molecular weight excluding hydrogens is 196 g/mol. The monoisotopic (exact) mass is 204 g/mol. The summed E-state index contributed by atoms with van der Waals surface area (Å²) in [6, 6.07) is 0. The molecule has 0 unspecified atom stereocenters. The van der Waals surface area contributed by atoms with Crippen molar-refractivity contribution in [2.24, 2.45) is 0 Å². The molecule has 1 N–H and O–H groups in total. The van der Waals surface area contributed by atoms with E-state index in [2.05, 4.69) is 21.0 Å². The smallest absolute Gasteiger partial charge is 0.281 e. The molecule has 0 aromatic carbocycles. The minimum Gasteiger partial charge on any atom is -0.299 e. The van der Waals surface area contributed by atoms with Crippen LogP contribution in [-0.4, -0.2) is 9.78 Å². The van der Waals surface area contributed by atoms with E-state index in [4.69, 9.17) is 0 Å². The molecule has 56 valence electrons. The van der Waals surface area contributed by atoms with Gasteiger partial charge in [0.15, 0.2) is 0 Å². The molecule has 1 aromatic heterocycles. The van der Waals surface area contributed by atoms with Gasteiger partial charge in [0.05, 0.1) is 0 Å². The second kappa shape index (κ2) is 2.62. The lowest BCUT2D eigenvalue weighted by molar-refractivity contribution is 0.632. The van der Waals surface area contributed by atoms with Gasteiger partial charge in [-0.25, -0.2) is 0 Å². The quantitative estimate of drug-likeness (QED) is 0.736. The molecule has 1 rings (SSSR count). The third kappa shape index (κ3) is 1.03. The Bertz CT molecular complexity index is 286. The van der Waals surface area contributed by atoms with Crippen molar-refractivity contribution in [3.05, 3.63) is 20.5 Å². The minimum atomic E-state index is 0.0139. The summed E-state index contributed by atoms with van der Waals surface area (Å²) in [6.45, 7) is 4.46. The zero-order valence-electron chi connectivity index (χ0n) is 5.94. The average Bonchev–Trinajstić information content (AvgIpc) is 2.17. The highest BCUT2D eigenvalue weighted by Gasteiger charge is 2.04. The molecule has 0 aliphatic rings. The predicted octanol–water partition coefficient (Wildman–Crippen LogP) is 1.27. The van der Waals surface area contributed by atoms with Crippen LogP contribution in [0, 0.1) is 6.92 Å². The fourth-order valence-electron chi connectivity index (χ4n) is 0.804. The Morgan fingerprint density at radius 3 is 2.50 bits per heavy atom. The summed E-state index contributed by atoms with van der Waals surface area (Å²) in [5.41, 5.74) is 0.895. The van der Waals surface area contributed by atoms with Crippen LogP contribution < -0.4 is 5.56 Å². The van der Waals surface area contributed by atoms with E-state index in [0.717, 1.165) is 5.69 Å². The molecule has 4 heteroatoms. The molecule has 0 atom stereocenters. The summed E-state index contributed by atoms with van der Waals surface area (Å²) in [5, 5.41) is 2.92. The number of nitrogens with one attached hydrogen (secondary N) is 1. The Morgan fingerprint density at radius 1 is 1.70 bits per heavy atom. The summed E-state index contributed by atoms with van der Waals surface area (Å²) in [4.78, 5) is 11.1. The molecule has 1 aromatic rings. The Labute approximate surface area is 67.2 Å². The van der Waals surface area contributed by atoms with Crippen LogP contribution in [0.5, 0.6) is 0 Å². The normalized spacial score (nSPS) is 10.3. The number of aromatic nitrogens is 2. The number of hydrogen-bond acceptors (Lipinski definition) is 1. The summed E-state index contributed by atoms with van der Waals surface area (Å²) in [6.07, 6.45) is 0. The fraction of sp³-hybridized carbons (Fsp3) is 0.500. The Kier molecular flexibility index (Phi) is 1.99. The Morgan fingerprint density at radius 2 is 2.30 bits per heavy atom. The molecule has 10 heavy (non-hydrogen) atoms. The second-order valence-electron chi connectivity index (χ2n) is 2.10. The SMILES string of the molecule is CCn1[nH]c(C)c(Br)c1=O. The first-order valence-electron chi connectivity index (χ1n) is 3.11. The van der Waals surface area contributed by atoms with Gasteiger partial charge in [0, 0.05) is 12.2 Å². The number of rotatable bonds is 1. The molecule has 3 nitrogen and oxygen atoms in total. The van der Waals surface area contributed by atoms with Gasteiger partial charge in [0.1, 0.15) is 4.47 Å². The van der Waals surface area contributed by atoms with Crippen LogP contribution in [0.15, 0.2) is 9.27 Å². The molecule has 0 saturated heterocycles. The minimum absolute atomic E-state index is 0.0139. The molecule has 1 heterocycles. The van der Waals surface area contributed by atoms with Gasteiger partial charge < -0.3 is 0 Å². The topological polar surface area (TPSA) is 37.8 Å². The first-order chi connectivity index (χ1) is 4.66. The van der Waals surface area contributed by atoms with Gasteiger partial charge in [-0.3, -0.25) is 14.6 Å². The number of H-pyrrole nitrogens is 1. The Hall–Kier alpha value is -0.510. The molecule has 0 saturated carbocycles. The first-order valence-corrected chi connectivity index (χ1v) is 3.91. The van der Waals surface area contributed by atoms with Gasteiger partial charge in [-0.15, -0.1) is 0 Å². The van der Waals surface area contributed by atoms with Gasteiger partial charge >= 0.3 is 0 Å². The highest BCUT2D eigenvalue weighted by Crippen LogP contribution is 2.06. The molecule has 0 bridgehead atoms. The third-order valence-electron chi connectivity index (χ3n) is 1.38. The van der Waals surface area contributed by atoms with E-state index in [1.807, 2.05) is 13.8 Å². The summed E-state index contributed by atoms with van der Waals surface area (Å²) in [7, 11) is 0. The van der Waals surface area contributed by atoms with Crippen LogP contribution in [-0.2, 0) is 6.54 Å². The van der Waals surface area contributed by atoms with Crippen molar-refractivity contribution in [3.63, 3.8) is 0 Å². The van der Waals surface area contributed by atoms with E-state index in [9.17, 15) is 4.79 Å². The van der Waals surface area contributed by atoms with Crippen LogP contribution >= 0.6 is 15.9 Å². The van der Waals surface area contributed by atoms with Crippen molar-refractivity contribution < 1.29 is 0 Å². The number of halogens is 1. The molecule has 0 radical (unpaired) electrons. The molecule has 0 fully saturated rings.